The summed E-state index contributed by atoms with van der Waals surface area (Å²) >= 11 is 0. The maximum Gasteiger partial charge on any atom is 0.314 e. The smallest absolute Gasteiger partial charge is 0.314 e. The van der Waals surface area contributed by atoms with Crippen LogP contribution in [0.2, 0.25) is 24.2 Å². The molecule has 6 heteroatoms. The van der Waals surface area contributed by atoms with Crippen molar-refractivity contribution in [3.8, 4) is 0 Å². The van der Waals surface area contributed by atoms with E-state index in [2.05, 4.69) is 33.9 Å². The van der Waals surface area contributed by atoms with E-state index in [0.717, 1.165) is 24.8 Å². The highest BCUT2D eigenvalue weighted by Crippen LogP contribution is 2.45. The number of benzene rings is 1. The van der Waals surface area contributed by atoms with E-state index in [1.54, 1.807) is 11.8 Å². The minimum absolute atomic E-state index is 0.0840. The van der Waals surface area contributed by atoms with Gasteiger partial charge in [-0.2, -0.15) is 0 Å². The van der Waals surface area contributed by atoms with Crippen LogP contribution >= 0.6 is 0 Å². The SMILES string of the molecule is CCCCOC(=O)[C@]1(C)CN(CCc2ccccc2)C(=O)C1[C@@H](O)C[Si](C)(C)C(C)(C)C. The van der Waals surface area contributed by atoms with E-state index < -0.39 is 25.5 Å². The number of hydrogen-bond acceptors (Lipinski definition) is 4. The molecule has 32 heavy (non-hydrogen) atoms. The van der Waals surface area contributed by atoms with Gasteiger partial charge in [0.25, 0.3) is 0 Å². The molecule has 1 aromatic rings. The summed E-state index contributed by atoms with van der Waals surface area (Å²) in [6.07, 6.45) is 1.60. The van der Waals surface area contributed by atoms with Crippen LogP contribution in [0.3, 0.4) is 0 Å². The van der Waals surface area contributed by atoms with Gasteiger partial charge >= 0.3 is 5.97 Å². The first-order chi connectivity index (χ1) is 14.8. The molecule has 0 radical (unpaired) electrons. The Kier molecular flexibility index (Phi) is 8.73. The van der Waals surface area contributed by atoms with Gasteiger partial charge in [0.15, 0.2) is 0 Å². The quantitative estimate of drug-likeness (QED) is 0.305. The molecule has 0 spiro atoms. The van der Waals surface area contributed by atoms with Crippen molar-refractivity contribution in [2.75, 3.05) is 19.7 Å². The minimum Gasteiger partial charge on any atom is -0.465 e. The van der Waals surface area contributed by atoms with Gasteiger partial charge in [-0.05, 0) is 36.4 Å². The van der Waals surface area contributed by atoms with Crippen LogP contribution in [-0.4, -0.2) is 55.8 Å². The third kappa shape index (κ3) is 6.01. The summed E-state index contributed by atoms with van der Waals surface area (Å²) in [5, 5.41) is 11.4. The van der Waals surface area contributed by atoms with Crippen molar-refractivity contribution in [2.45, 2.75) is 84.2 Å². The molecular weight excluding hydrogens is 418 g/mol. The third-order valence-corrected chi connectivity index (χ3v) is 13.1. The number of nitrogens with zero attached hydrogens (tertiary/aromatic N) is 1. The topological polar surface area (TPSA) is 66.8 Å². The predicted molar refractivity (Wildman–Crippen MR) is 132 cm³/mol. The highest BCUT2D eigenvalue weighted by molar-refractivity contribution is 6.80. The van der Waals surface area contributed by atoms with Crippen molar-refractivity contribution >= 4 is 20.0 Å². The first-order valence-corrected chi connectivity index (χ1v) is 15.2. The second-order valence-electron chi connectivity index (χ2n) is 11.3. The lowest BCUT2D eigenvalue weighted by molar-refractivity contribution is -0.160. The van der Waals surface area contributed by atoms with E-state index in [0.29, 0.717) is 25.7 Å². The third-order valence-electron chi connectivity index (χ3n) is 7.63. The van der Waals surface area contributed by atoms with Gasteiger partial charge in [-0.1, -0.05) is 77.5 Å². The van der Waals surface area contributed by atoms with Crippen LogP contribution in [0.25, 0.3) is 0 Å². The van der Waals surface area contributed by atoms with Crippen LogP contribution < -0.4 is 0 Å². The lowest BCUT2D eigenvalue weighted by atomic mass is 9.77. The van der Waals surface area contributed by atoms with Crippen LogP contribution in [0.15, 0.2) is 30.3 Å². The number of esters is 1. The van der Waals surface area contributed by atoms with E-state index in [9.17, 15) is 14.7 Å². The first-order valence-electron chi connectivity index (χ1n) is 12.0. The van der Waals surface area contributed by atoms with Gasteiger partial charge in [-0.25, -0.2) is 0 Å². The van der Waals surface area contributed by atoms with Crippen molar-refractivity contribution in [1.29, 1.82) is 0 Å². The van der Waals surface area contributed by atoms with Gasteiger partial charge in [-0.15, -0.1) is 0 Å². The summed E-state index contributed by atoms with van der Waals surface area (Å²) in [5.41, 5.74) is 0.112. The Labute approximate surface area is 195 Å². The van der Waals surface area contributed by atoms with Crippen molar-refractivity contribution in [3.63, 3.8) is 0 Å². The average Bonchev–Trinajstić information content (AvgIpc) is 2.97. The zero-order chi connectivity index (χ0) is 24.2. The summed E-state index contributed by atoms with van der Waals surface area (Å²) in [5.74, 6) is -1.25. The Balaban J connectivity index is 2.26. The molecule has 180 valence electrons. The fraction of sp³-hybridized carbons (Fsp3) is 0.692. The van der Waals surface area contributed by atoms with E-state index in [1.807, 2.05) is 37.3 Å². The molecule has 0 aromatic heterocycles. The van der Waals surface area contributed by atoms with E-state index >= 15 is 0 Å². The minimum atomic E-state index is -1.86. The maximum absolute atomic E-state index is 13.5. The molecule has 1 amide bonds. The molecule has 5 nitrogen and oxygen atoms in total. The van der Waals surface area contributed by atoms with Crippen LogP contribution in [0, 0.1) is 11.3 Å². The zero-order valence-electron chi connectivity index (χ0n) is 21.1. The molecule has 1 saturated heterocycles. The molecule has 2 rings (SSSR count). The Morgan fingerprint density at radius 2 is 1.91 bits per heavy atom. The lowest BCUT2D eigenvalue weighted by Crippen LogP contribution is -2.48. The Morgan fingerprint density at radius 1 is 1.28 bits per heavy atom. The van der Waals surface area contributed by atoms with E-state index in [-0.39, 0.29) is 16.9 Å². The molecule has 1 unspecified atom stereocenters. The van der Waals surface area contributed by atoms with Crippen molar-refractivity contribution < 1.29 is 19.4 Å². The molecule has 1 aliphatic rings. The number of unbranched alkanes of at least 4 members (excludes halogenated alkanes) is 1. The van der Waals surface area contributed by atoms with Crippen LogP contribution in [-0.2, 0) is 20.7 Å². The standard InChI is InChI=1S/C26H43NO4Si/c1-8-9-17-31-24(30)26(5)19-27(16-15-20-13-11-10-12-14-20)23(29)22(26)21(28)18-32(6,7)25(2,3)4/h10-14,21-22,28H,8-9,15-19H2,1-7H3/t21-,22?,26+/m0/s1. The van der Waals surface area contributed by atoms with Crippen LogP contribution in [0.4, 0.5) is 0 Å². The fourth-order valence-corrected chi connectivity index (χ4v) is 6.24. The van der Waals surface area contributed by atoms with Crippen molar-refractivity contribution in [1.82, 2.24) is 4.90 Å². The van der Waals surface area contributed by atoms with E-state index in [1.165, 1.54) is 0 Å². The van der Waals surface area contributed by atoms with Gasteiger partial charge in [-0.3, -0.25) is 9.59 Å². The molecule has 1 heterocycles. The monoisotopic (exact) mass is 461 g/mol. The molecule has 3 atom stereocenters. The lowest BCUT2D eigenvalue weighted by Gasteiger charge is -2.40. The second-order valence-corrected chi connectivity index (χ2v) is 17.0. The zero-order valence-corrected chi connectivity index (χ0v) is 22.1. The second kappa shape index (κ2) is 10.5. The summed E-state index contributed by atoms with van der Waals surface area (Å²) in [7, 11) is -1.86. The molecule has 1 aliphatic heterocycles. The molecule has 0 bridgehead atoms. The van der Waals surface area contributed by atoms with Gasteiger partial charge in [0.1, 0.15) is 0 Å². The van der Waals surface area contributed by atoms with E-state index in [4.69, 9.17) is 4.74 Å². The number of likely N-dealkylation sites (tertiary alicyclic amines) is 1. The number of hydrogen-bond donors (Lipinski definition) is 1. The summed E-state index contributed by atoms with van der Waals surface area (Å²) in [6.45, 7) is 16.1. The Hall–Kier alpha value is -1.66. The largest absolute Gasteiger partial charge is 0.465 e. The summed E-state index contributed by atoms with van der Waals surface area (Å²) in [6, 6.07) is 10.6. The highest BCUT2D eigenvalue weighted by Gasteiger charge is 2.58. The maximum atomic E-state index is 13.5. The van der Waals surface area contributed by atoms with Gasteiger partial charge in [0.2, 0.25) is 5.91 Å². The van der Waals surface area contributed by atoms with Gasteiger partial charge in [0.05, 0.1) is 32.1 Å². The number of rotatable bonds is 10. The number of ether oxygens (including phenoxy) is 1. The molecule has 1 fully saturated rings. The molecule has 0 saturated carbocycles. The number of amides is 1. The molecular formula is C26H43NO4Si. The average molecular weight is 462 g/mol. The van der Waals surface area contributed by atoms with Crippen LogP contribution in [0.1, 0.15) is 53.0 Å². The summed E-state index contributed by atoms with van der Waals surface area (Å²) < 4.78 is 5.59. The number of aliphatic hydroxyl groups excluding tert-OH is 1. The molecule has 1 aromatic carbocycles. The number of aliphatic hydroxyl groups is 1. The molecule has 0 aliphatic carbocycles. The number of carbonyl (C=O) groups is 2. The van der Waals surface area contributed by atoms with Crippen molar-refractivity contribution in [3.05, 3.63) is 35.9 Å². The molecule has 1 N–H and O–H groups in total. The fourth-order valence-electron chi connectivity index (χ4n) is 4.34. The number of carbonyl (C=O) groups excluding carboxylic acids is 2. The van der Waals surface area contributed by atoms with Gasteiger partial charge < -0.3 is 14.7 Å². The Morgan fingerprint density at radius 3 is 2.47 bits per heavy atom. The normalized spacial score (nSPS) is 22.8. The first kappa shape index (κ1) is 26.6. The highest BCUT2D eigenvalue weighted by atomic mass is 28.3. The summed E-state index contributed by atoms with van der Waals surface area (Å²) in [4.78, 5) is 28.5. The predicted octanol–water partition coefficient (Wildman–Crippen LogP) is 4.91. The van der Waals surface area contributed by atoms with Crippen molar-refractivity contribution in [2.24, 2.45) is 11.3 Å². The van der Waals surface area contributed by atoms with Gasteiger partial charge in [0, 0.05) is 13.1 Å². The van der Waals surface area contributed by atoms with Crippen LogP contribution in [0.5, 0.6) is 0 Å². The Bertz CT molecular complexity index is 774.